The van der Waals surface area contributed by atoms with Gasteiger partial charge in [-0.15, -0.1) is 0 Å². The highest BCUT2D eigenvalue weighted by atomic mass is 35.5. The van der Waals surface area contributed by atoms with E-state index in [9.17, 15) is 13.2 Å². The monoisotopic (exact) mass is 618 g/mol. The van der Waals surface area contributed by atoms with Crippen molar-refractivity contribution in [3.63, 3.8) is 0 Å². The normalized spacial score (nSPS) is 11.0. The number of rotatable bonds is 10. The number of carbonyl (C=O) groups is 1. The molecule has 0 aliphatic carbocycles. The summed E-state index contributed by atoms with van der Waals surface area (Å²) in [4.78, 5) is 13.2. The van der Waals surface area contributed by atoms with Gasteiger partial charge in [0, 0.05) is 17.1 Å². The highest BCUT2D eigenvalue weighted by Crippen LogP contribution is 2.30. The maximum atomic E-state index is 13.3. The van der Waals surface area contributed by atoms with E-state index >= 15 is 0 Å². The van der Waals surface area contributed by atoms with Crippen molar-refractivity contribution < 1.29 is 22.7 Å². The van der Waals surface area contributed by atoms with Gasteiger partial charge in [-0.3, -0.25) is 9.52 Å². The fraction of sp³-hybridized carbons (Fsp3) is 0.0312. The van der Waals surface area contributed by atoms with Gasteiger partial charge in [0.25, 0.3) is 15.9 Å². The van der Waals surface area contributed by atoms with E-state index in [1.165, 1.54) is 42.5 Å². The summed E-state index contributed by atoms with van der Waals surface area (Å²) >= 11 is 12.3. The second-order valence-corrected chi connectivity index (χ2v) is 11.5. The Morgan fingerprint density at radius 3 is 2.05 bits per heavy atom. The number of amides is 1. The van der Waals surface area contributed by atoms with Gasteiger partial charge in [0.15, 0.2) is 0 Å². The molecule has 0 saturated carbocycles. The van der Waals surface area contributed by atoms with Gasteiger partial charge in [-0.25, -0.2) is 8.42 Å². The summed E-state index contributed by atoms with van der Waals surface area (Å²) in [6.07, 6.45) is 0. The molecular formula is C32H24Cl2N2O5S. The Hall–Kier alpha value is -4.50. The van der Waals surface area contributed by atoms with Crippen molar-refractivity contribution >= 4 is 44.8 Å². The summed E-state index contributed by atoms with van der Waals surface area (Å²) in [6, 6.07) is 33.7. The van der Waals surface area contributed by atoms with Crippen molar-refractivity contribution in [2.75, 3.05) is 4.72 Å². The van der Waals surface area contributed by atoms with Crippen molar-refractivity contribution in [2.24, 2.45) is 0 Å². The van der Waals surface area contributed by atoms with E-state index < -0.39 is 15.9 Å². The van der Waals surface area contributed by atoms with Crippen LogP contribution in [0.4, 0.5) is 5.69 Å². The van der Waals surface area contributed by atoms with E-state index in [-0.39, 0.29) is 27.7 Å². The lowest BCUT2D eigenvalue weighted by Crippen LogP contribution is -2.25. The Balaban J connectivity index is 1.30. The number of para-hydroxylation sites is 3. The van der Waals surface area contributed by atoms with Crippen molar-refractivity contribution in [1.82, 2.24) is 5.32 Å². The van der Waals surface area contributed by atoms with Crippen molar-refractivity contribution in [3.05, 3.63) is 142 Å². The maximum Gasteiger partial charge on any atom is 0.261 e. The predicted octanol–water partition coefficient (Wildman–Crippen LogP) is 8.31. The zero-order valence-corrected chi connectivity index (χ0v) is 24.3. The van der Waals surface area contributed by atoms with E-state index in [0.717, 1.165) is 5.56 Å². The first-order valence-corrected chi connectivity index (χ1v) is 15.0. The zero-order chi connectivity index (χ0) is 29.5. The van der Waals surface area contributed by atoms with Crippen LogP contribution in [-0.4, -0.2) is 14.3 Å². The number of hydrogen-bond acceptors (Lipinski definition) is 5. The Labute approximate surface area is 253 Å². The van der Waals surface area contributed by atoms with Crippen LogP contribution in [0.1, 0.15) is 15.9 Å². The summed E-state index contributed by atoms with van der Waals surface area (Å²) < 4.78 is 40.7. The van der Waals surface area contributed by atoms with Gasteiger partial charge in [-0.05, 0) is 72.8 Å². The van der Waals surface area contributed by atoms with Crippen LogP contribution in [0.15, 0.2) is 126 Å². The minimum atomic E-state index is -4.06. The van der Waals surface area contributed by atoms with Crippen LogP contribution in [0.25, 0.3) is 0 Å². The number of anilines is 1. The summed E-state index contributed by atoms with van der Waals surface area (Å²) in [7, 11) is -4.06. The molecule has 10 heteroatoms. The molecule has 0 atom stereocenters. The second kappa shape index (κ2) is 13.0. The third kappa shape index (κ3) is 7.22. The van der Waals surface area contributed by atoms with Gasteiger partial charge in [0.05, 0.1) is 21.2 Å². The minimum absolute atomic E-state index is 0.0256. The summed E-state index contributed by atoms with van der Waals surface area (Å²) in [5.74, 6) is 1.57. The van der Waals surface area contributed by atoms with Gasteiger partial charge < -0.3 is 14.8 Å². The lowest BCUT2D eigenvalue weighted by molar-refractivity contribution is 0.0951. The molecule has 0 aliphatic rings. The van der Waals surface area contributed by atoms with Crippen molar-refractivity contribution in [2.45, 2.75) is 11.4 Å². The lowest BCUT2D eigenvalue weighted by Gasteiger charge is -2.15. The minimum Gasteiger partial charge on any atom is -0.457 e. The molecule has 7 nitrogen and oxygen atoms in total. The highest BCUT2D eigenvalue weighted by Gasteiger charge is 2.20. The number of ether oxygens (including phenoxy) is 2. The highest BCUT2D eigenvalue weighted by molar-refractivity contribution is 7.92. The average molecular weight is 620 g/mol. The molecule has 0 heterocycles. The first kappa shape index (κ1) is 29.0. The zero-order valence-electron chi connectivity index (χ0n) is 22.0. The molecule has 0 bridgehead atoms. The van der Waals surface area contributed by atoms with Gasteiger partial charge in [0.1, 0.15) is 23.0 Å². The smallest absolute Gasteiger partial charge is 0.261 e. The summed E-state index contributed by atoms with van der Waals surface area (Å²) in [5.41, 5.74) is 0.867. The molecule has 0 unspecified atom stereocenters. The van der Waals surface area contributed by atoms with E-state index in [4.69, 9.17) is 32.7 Å². The summed E-state index contributed by atoms with van der Waals surface area (Å²) in [6.45, 7) is 0.132. The fourth-order valence-corrected chi connectivity index (χ4v) is 5.40. The molecule has 5 aromatic carbocycles. The molecule has 2 N–H and O–H groups in total. The molecule has 0 radical (unpaired) electrons. The maximum absolute atomic E-state index is 13.3. The molecule has 0 spiro atoms. The van der Waals surface area contributed by atoms with Gasteiger partial charge in [-0.1, -0.05) is 71.7 Å². The van der Waals surface area contributed by atoms with Crippen LogP contribution in [-0.2, 0) is 16.6 Å². The number of carbonyl (C=O) groups excluding carboxylic acids is 1. The number of hydrogen-bond donors (Lipinski definition) is 2. The number of nitrogens with one attached hydrogen (secondary N) is 2. The number of halogens is 2. The molecule has 5 rings (SSSR count). The van der Waals surface area contributed by atoms with Crippen LogP contribution in [0, 0.1) is 0 Å². The van der Waals surface area contributed by atoms with Gasteiger partial charge in [0.2, 0.25) is 0 Å². The molecular weight excluding hydrogens is 595 g/mol. The second-order valence-electron chi connectivity index (χ2n) is 9.00. The lowest BCUT2D eigenvalue weighted by atomic mass is 10.1. The molecule has 0 fully saturated rings. The van der Waals surface area contributed by atoms with E-state index in [1.807, 2.05) is 48.5 Å². The topological polar surface area (TPSA) is 93.7 Å². The third-order valence-corrected chi connectivity index (χ3v) is 7.98. The quantitative estimate of drug-likeness (QED) is 0.164. The summed E-state index contributed by atoms with van der Waals surface area (Å²) in [5, 5.41) is 3.53. The molecule has 0 aromatic heterocycles. The number of sulfonamides is 1. The molecule has 5 aromatic rings. The molecule has 0 aliphatic heterocycles. The Bertz CT molecular complexity index is 1820. The Kier molecular flexibility index (Phi) is 8.97. The molecule has 1 amide bonds. The Morgan fingerprint density at radius 2 is 1.31 bits per heavy atom. The third-order valence-electron chi connectivity index (χ3n) is 6.05. The molecule has 212 valence electrons. The van der Waals surface area contributed by atoms with E-state index in [1.54, 1.807) is 30.3 Å². The average Bonchev–Trinajstić information content (AvgIpc) is 2.99. The van der Waals surface area contributed by atoms with Crippen molar-refractivity contribution in [3.8, 4) is 23.0 Å². The largest absolute Gasteiger partial charge is 0.457 e. The van der Waals surface area contributed by atoms with Crippen LogP contribution < -0.4 is 19.5 Å². The first-order chi connectivity index (χ1) is 20.3. The van der Waals surface area contributed by atoms with E-state index in [0.29, 0.717) is 28.0 Å². The van der Waals surface area contributed by atoms with Crippen LogP contribution in [0.5, 0.6) is 23.0 Å². The van der Waals surface area contributed by atoms with Crippen molar-refractivity contribution in [1.29, 1.82) is 0 Å². The predicted molar refractivity (Wildman–Crippen MR) is 164 cm³/mol. The van der Waals surface area contributed by atoms with Crippen LogP contribution >= 0.6 is 23.2 Å². The molecule has 0 saturated heterocycles. The van der Waals surface area contributed by atoms with Gasteiger partial charge >= 0.3 is 0 Å². The van der Waals surface area contributed by atoms with Crippen LogP contribution in [0.3, 0.4) is 0 Å². The Morgan fingerprint density at radius 1 is 0.690 bits per heavy atom. The molecule has 42 heavy (non-hydrogen) atoms. The fourth-order valence-electron chi connectivity index (χ4n) is 3.97. The van der Waals surface area contributed by atoms with E-state index in [2.05, 4.69) is 10.0 Å². The van der Waals surface area contributed by atoms with Gasteiger partial charge in [-0.2, -0.15) is 0 Å². The number of benzene rings is 5. The van der Waals surface area contributed by atoms with Crippen LogP contribution in [0.2, 0.25) is 10.0 Å². The SMILES string of the molecule is O=C(NCc1ccccc1Oc1ccccc1)c1cc(Cl)ccc1NS(=O)(=O)c1ccc(Oc2ccccc2Cl)cc1. The standard InChI is InChI=1S/C32H24Cl2N2O5S/c33-23-14-19-29(36-42(38,39)26-17-15-25(16-18-26)41-31-13-7-5-11-28(31)34)27(20-23)32(37)35-21-22-8-4-6-12-30(22)40-24-9-2-1-3-10-24/h1-20,36H,21H2,(H,35,37). The first-order valence-electron chi connectivity index (χ1n) is 12.7.